The van der Waals surface area contributed by atoms with Gasteiger partial charge < -0.3 is 10.6 Å². The lowest BCUT2D eigenvalue weighted by Crippen LogP contribution is -2.33. The third kappa shape index (κ3) is 2.33. The minimum absolute atomic E-state index is 0.511. The molecule has 1 fully saturated rings. The van der Waals surface area contributed by atoms with Crippen molar-refractivity contribution < 1.29 is 0 Å². The van der Waals surface area contributed by atoms with Gasteiger partial charge in [-0.15, -0.1) is 0 Å². The van der Waals surface area contributed by atoms with E-state index in [4.69, 9.17) is 0 Å². The van der Waals surface area contributed by atoms with Crippen molar-refractivity contribution >= 4 is 0 Å². The van der Waals surface area contributed by atoms with Crippen LogP contribution >= 0.6 is 0 Å². The van der Waals surface area contributed by atoms with E-state index >= 15 is 0 Å². The number of nitrogens with one attached hydrogen (secondary N) is 2. The first-order chi connectivity index (χ1) is 4.27. The van der Waals surface area contributed by atoms with Crippen molar-refractivity contribution in [1.82, 2.24) is 10.6 Å². The summed E-state index contributed by atoms with van der Waals surface area (Å²) in [5.74, 6) is 0. The fourth-order valence-electron chi connectivity index (χ4n) is 0.854. The summed E-state index contributed by atoms with van der Waals surface area (Å²) in [6.45, 7) is 4.46. The van der Waals surface area contributed by atoms with Gasteiger partial charge >= 0.3 is 0 Å². The van der Waals surface area contributed by atoms with Crippen LogP contribution in [-0.2, 0) is 0 Å². The van der Waals surface area contributed by atoms with E-state index in [1.54, 1.807) is 0 Å². The van der Waals surface area contributed by atoms with Gasteiger partial charge in [0.25, 0.3) is 0 Å². The molecule has 2 N–H and O–H groups in total. The summed E-state index contributed by atoms with van der Waals surface area (Å²) < 4.78 is 0. The molecule has 2 heteroatoms. The van der Waals surface area contributed by atoms with Gasteiger partial charge in [-0.3, -0.25) is 0 Å². The van der Waals surface area contributed by atoms with Crippen molar-refractivity contribution in [2.75, 3.05) is 20.1 Å². The zero-order valence-electron chi connectivity index (χ0n) is 6.33. The molecule has 9 heavy (non-hydrogen) atoms. The van der Waals surface area contributed by atoms with Crippen LogP contribution in [0.25, 0.3) is 0 Å². The SMILES string of the molecule is CNCCNC1(C)CC1. The van der Waals surface area contributed by atoms with Crippen LogP contribution in [0.15, 0.2) is 0 Å². The lowest BCUT2D eigenvalue weighted by atomic mass is 10.3. The molecule has 54 valence electrons. The van der Waals surface area contributed by atoms with E-state index in [0.29, 0.717) is 5.54 Å². The zero-order valence-corrected chi connectivity index (χ0v) is 6.33. The molecule has 2 nitrogen and oxygen atoms in total. The van der Waals surface area contributed by atoms with Crippen LogP contribution in [0.2, 0.25) is 0 Å². The molecule has 0 radical (unpaired) electrons. The zero-order chi connectivity index (χ0) is 6.74. The highest BCUT2D eigenvalue weighted by molar-refractivity contribution is 4.97. The Bertz CT molecular complexity index is 86.9. The Labute approximate surface area is 57.0 Å². The van der Waals surface area contributed by atoms with Gasteiger partial charge in [-0.25, -0.2) is 0 Å². The monoisotopic (exact) mass is 128 g/mol. The predicted molar refractivity (Wildman–Crippen MR) is 39.6 cm³/mol. The molecule has 0 heterocycles. The largest absolute Gasteiger partial charge is 0.318 e. The summed E-state index contributed by atoms with van der Waals surface area (Å²) in [6, 6.07) is 0. The van der Waals surface area contributed by atoms with Crippen LogP contribution < -0.4 is 10.6 Å². The van der Waals surface area contributed by atoms with Crippen LogP contribution in [0.4, 0.5) is 0 Å². The molecule has 0 aromatic carbocycles. The van der Waals surface area contributed by atoms with Crippen molar-refractivity contribution in [1.29, 1.82) is 0 Å². The number of rotatable bonds is 4. The van der Waals surface area contributed by atoms with E-state index in [1.807, 2.05) is 7.05 Å². The molecule has 0 spiro atoms. The molecule has 1 saturated carbocycles. The third-order valence-corrected chi connectivity index (χ3v) is 1.93. The van der Waals surface area contributed by atoms with Crippen molar-refractivity contribution in [2.45, 2.75) is 25.3 Å². The van der Waals surface area contributed by atoms with E-state index in [2.05, 4.69) is 17.6 Å². The van der Waals surface area contributed by atoms with Crippen LogP contribution in [0.1, 0.15) is 19.8 Å². The van der Waals surface area contributed by atoms with Gasteiger partial charge in [0.1, 0.15) is 0 Å². The topological polar surface area (TPSA) is 24.1 Å². The van der Waals surface area contributed by atoms with Gasteiger partial charge in [-0.1, -0.05) is 0 Å². The van der Waals surface area contributed by atoms with Crippen LogP contribution in [0, 0.1) is 0 Å². The first-order valence-corrected chi connectivity index (χ1v) is 3.66. The Morgan fingerprint density at radius 2 is 2.00 bits per heavy atom. The highest BCUT2D eigenvalue weighted by Crippen LogP contribution is 2.33. The minimum atomic E-state index is 0.511. The van der Waals surface area contributed by atoms with Crippen molar-refractivity contribution in [3.8, 4) is 0 Å². The summed E-state index contributed by atoms with van der Waals surface area (Å²) >= 11 is 0. The average Bonchev–Trinajstić information content (AvgIpc) is 2.50. The molecule has 0 aromatic rings. The summed E-state index contributed by atoms with van der Waals surface area (Å²) in [5, 5.41) is 6.58. The Balaban J connectivity index is 1.92. The molecule has 0 unspecified atom stereocenters. The average molecular weight is 128 g/mol. The smallest absolute Gasteiger partial charge is 0.0155 e. The van der Waals surface area contributed by atoms with E-state index < -0.39 is 0 Å². The summed E-state index contributed by atoms with van der Waals surface area (Å²) in [7, 11) is 1.98. The Morgan fingerprint density at radius 3 is 2.44 bits per heavy atom. The first kappa shape index (κ1) is 7.03. The highest BCUT2D eigenvalue weighted by atomic mass is 15.0. The molecular weight excluding hydrogens is 112 g/mol. The fraction of sp³-hybridized carbons (Fsp3) is 1.00. The van der Waals surface area contributed by atoms with E-state index in [0.717, 1.165) is 13.1 Å². The molecule has 0 aliphatic heterocycles. The van der Waals surface area contributed by atoms with Gasteiger partial charge in [0.2, 0.25) is 0 Å². The Kier molecular flexibility index (Phi) is 2.09. The molecule has 1 aliphatic carbocycles. The molecule has 1 rings (SSSR count). The first-order valence-electron chi connectivity index (χ1n) is 3.66. The molecular formula is C7H16N2. The predicted octanol–water partition coefficient (Wildman–Crippen LogP) is 0.348. The van der Waals surface area contributed by atoms with Crippen LogP contribution in [-0.4, -0.2) is 25.7 Å². The van der Waals surface area contributed by atoms with E-state index in [1.165, 1.54) is 12.8 Å². The number of hydrogen-bond acceptors (Lipinski definition) is 2. The van der Waals surface area contributed by atoms with Gasteiger partial charge in [0, 0.05) is 18.6 Å². The van der Waals surface area contributed by atoms with Crippen molar-refractivity contribution in [3.05, 3.63) is 0 Å². The highest BCUT2D eigenvalue weighted by Gasteiger charge is 2.35. The number of likely N-dealkylation sites (N-methyl/N-ethyl adjacent to an activating group) is 1. The maximum Gasteiger partial charge on any atom is 0.0155 e. The molecule has 0 aromatic heterocycles. The van der Waals surface area contributed by atoms with Gasteiger partial charge in [-0.2, -0.15) is 0 Å². The lowest BCUT2D eigenvalue weighted by molar-refractivity contribution is 0.530. The second-order valence-electron chi connectivity index (χ2n) is 3.09. The van der Waals surface area contributed by atoms with E-state index in [9.17, 15) is 0 Å². The quantitative estimate of drug-likeness (QED) is 0.534. The van der Waals surface area contributed by atoms with E-state index in [-0.39, 0.29) is 0 Å². The van der Waals surface area contributed by atoms with Crippen LogP contribution in [0.5, 0.6) is 0 Å². The summed E-state index contributed by atoms with van der Waals surface area (Å²) in [4.78, 5) is 0. The Morgan fingerprint density at radius 1 is 1.33 bits per heavy atom. The summed E-state index contributed by atoms with van der Waals surface area (Å²) in [5.41, 5.74) is 0.511. The minimum Gasteiger partial charge on any atom is -0.318 e. The third-order valence-electron chi connectivity index (χ3n) is 1.93. The normalized spacial score (nSPS) is 22.0. The second-order valence-corrected chi connectivity index (χ2v) is 3.09. The molecule has 1 aliphatic rings. The second kappa shape index (κ2) is 2.67. The molecule has 0 amide bonds. The number of hydrogen-bond donors (Lipinski definition) is 2. The van der Waals surface area contributed by atoms with Gasteiger partial charge in [-0.05, 0) is 26.8 Å². The maximum absolute atomic E-state index is 3.47. The molecule has 0 bridgehead atoms. The maximum atomic E-state index is 3.47. The van der Waals surface area contributed by atoms with Crippen molar-refractivity contribution in [3.63, 3.8) is 0 Å². The van der Waals surface area contributed by atoms with Crippen LogP contribution in [0.3, 0.4) is 0 Å². The van der Waals surface area contributed by atoms with Gasteiger partial charge in [0.05, 0.1) is 0 Å². The van der Waals surface area contributed by atoms with Crippen molar-refractivity contribution in [2.24, 2.45) is 0 Å². The molecule has 0 saturated heterocycles. The standard InChI is InChI=1S/C7H16N2/c1-7(3-4-7)9-6-5-8-2/h8-9H,3-6H2,1-2H3. The molecule has 0 atom stereocenters. The Hall–Kier alpha value is -0.0800. The lowest BCUT2D eigenvalue weighted by Gasteiger charge is -2.09. The van der Waals surface area contributed by atoms with Gasteiger partial charge in [0.15, 0.2) is 0 Å². The summed E-state index contributed by atoms with van der Waals surface area (Å²) in [6.07, 6.45) is 2.72. The fourth-order valence-corrected chi connectivity index (χ4v) is 0.854.